The van der Waals surface area contributed by atoms with Crippen LogP contribution in [-0.2, 0) is 19.1 Å². The lowest BCUT2D eigenvalue weighted by Crippen LogP contribution is -2.21. The molecule has 0 heterocycles. The zero-order chi connectivity index (χ0) is 9.78. The SMILES string of the molecule is C=CCOS(=O)(=O)C(=C)C(N)=O. The summed E-state index contributed by atoms with van der Waals surface area (Å²) in [6.07, 6.45) is 1.23. The molecule has 0 aromatic heterocycles. The van der Waals surface area contributed by atoms with E-state index in [2.05, 4.69) is 23.1 Å². The molecule has 0 radical (unpaired) electrons. The van der Waals surface area contributed by atoms with E-state index in [0.29, 0.717) is 0 Å². The molecule has 12 heavy (non-hydrogen) atoms. The zero-order valence-electron chi connectivity index (χ0n) is 6.32. The molecule has 0 bridgehead atoms. The first-order valence-electron chi connectivity index (χ1n) is 2.91. The molecule has 68 valence electrons. The number of amides is 1. The Morgan fingerprint density at radius 1 is 1.58 bits per heavy atom. The second kappa shape index (κ2) is 4.03. The van der Waals surface area contributed by atoms with Crippen LogP contribution in [0.3, 0.4) is 0 Å². The lowest BCUT2D eigenvalue weighted by Gasteiger charge is -2.01. The molecule has 0 aromatic carbocycles. The zero-order valence-corrected chi connectivity index (χ0v) is 7.13. The average Bonchev–Trinajstić information content (AvgIpc) is 1.99. The normalized spacial score (nSPS) is 10.7. The lowest BCUT2D eigenvalue weighted by atomic mass is 10.6. The maximum absolute atomic E-state index is 10.9. The van der Waals surface area contributed by atoms with Gasteiger partial charge in [0.05, 0.1) is 6.61 Å². The number of carbonyl (C=O) groups is 1. The summed E-state index contributed by atoms with van der Waals surface area (Å²) in [6.45, 7) is 5.98. The van der Waals surface area contributed by atoms with Crippen LogP contribution in [0.2, 0.25) is 0 Å². The third kappa shape index (κ3) is 2.85. The van der Waals surface area contributed by atoms with Crippen molar-refractivity contribution < 1.29 is 17.4 Å². The van der Waals surface area contributed by atoms with Gasteiger partial charge in [-0.1, -0.05) is 12.7 Å². The van der Waals surface area contributed by atoms with Crippen LogP contribution < -0.4 is 5.73 Å². The maximum Gasteiger partial charge on any atom is 0.302 e. The molecule has 0 aliphatic carbocycles. The highest BCUT2D eigenvalue weighted by atomic mass is 32.2. The molecule has 0 saturated heterocycles. The van der Waals surface area contributed by atoms with E-state index < -0.39 is 20.9 Å². The first-order valence-corrected chi connectivity index (χ1v) is 4.31. The number of primary amides is 1. The van der Waals surface area contributed by atoms with Crippen LogP contribution in [0.25, 0.3) is 0 Å². The molecule has 0 fully saturated rings. The van der Waals surface area contributed by atoms with Crippen molar-refractivity contribution in [3.8, 4) is 0 Å². The van der Waals surface area contributed by atoms with Crippen LogP contribution in [0, 0.1) is 0 Å². The van der Waals surface area contributed by atoms with Gasteiger partial charge in [0.25, 0.3) is 5.91 Å². The molecule has 0 unspecified atom stereocenters. The van der Waals surface area contributed by atoms with Crippen LogP contribution >= 0.6 is 0 Å². The first kappa shape index (κ1) is 10.9. The number of rotatable bonds is 5. The first-order chi connectivity index (χ1) is 5.41. The van der Waals surface area contributed by atoms with E-state index in [1.54, 1.807) is 0 Å². The van der Waals surface area contributed by atoms with Crippen molar-refractivity contribution in [2.24, 2.45) is 5.73 Å². The summed E-state index contributed by atoms with van der Waals surface area (Å²) in [5.41, 5.74) is 4.67. The fraction of sp³-hybridized carbons (Fsp3) is 0.167. The van der Waals surface area contributed by atoms with E-state index in [1.807, 2.05) is 0 Å². The van der Waals surface area contributed by atoms with Crippen molar-refractivity contribution in [2.45, 2.75) is 0 Å². The van der Waals surface area contributed by atoms with Crippen molar-refractivity contribution in [1.29, 1.82) is 0 Å². The van der Waals surface area contributed by atoms with Crippen LogP contribution in [0.4, 0.5) is 0 Å². The molecule has 0 aliphatic rings. The number of carbonyl (C=O) groups excluding carboxylic acids is 1. The molecule has 5 nitrogen and oxygen atoms in total. The minimum absolute atomic E-state index is 0.214. The van der Waals surface area contributed by atoms with Crippen molar-refractivity contribution in [3.05, 3.63) is 24.1 Å². The van der Waals surface area contributed by atoms with Gasteiger partial charge in [-0.25, -0.2) is 0 Å². The summed E-state index contributed by atoms with van der Waals surface area (Å²) in [7, 11) is -4.06. The monoisotopic (exact) mass is 191 g/mol. The van der Waals surface area contributed by atoms with E-state index in [0.717, 1.165) is 0 Å². The Balaban J connectivity index is 4.52. The van der Waals surface area contributed by atoms with Crippen molar-refractivity contribution in [2.75, 3.05) is 6.61 Å². The predicted molar refractivity (Wildman–Crippen MR) is 43.4 cm³/mol. The van der Waals surface area contributed by atoms with Crippen molar-refractivity contribution in [1.82, 2.24) is 0 Å². The summed E-state index contributed by atoms with van der Waals surface area (Å²) in [4.78, 5) is 9.59. The molecule has 0 atom stereocenters. The van der Waals surface area contributed by atoms with Crippen LogP contribution in [0.15, 0.2) is 24.1 Å². The Labute approximate surface area is 70.6 Å². The van der Waals surface area contributed by atoms with Gasteiger partial charge in [0.2, 0.25) is 0 Å². The third-order valence-electron chi connectivity index (χ3n) is 0.918. The number of nitrogens with two attached hydrogens (primary N) is 1. The van der Waals surface area contributed by atoms with Crippen LogP contribution in [0.5, 0.6) is 0 Å². The Morgan fingerprint density at radius 3 is 2.42 bits per heavy atom. The highest BCUT2D eigenvalue weighted by Crippen LogP contribution is 2.04. The summed E-state index contributed by atoms with van der Waals surface area (Å²) in [5.74, 6) is -1.13. The topological polar surface area (TPSA) is 86.5 Å². The molecule has 0 spiro atoms. The van der Waals surface area contributed by atoms with E-state index >= 15 is 0 Å². The summed E-state index contributed by atoms with van der Waals surface area (Å²) >= 11 is 0. The maximum atomic E-state index is 10.9. The second-order valence-corrected chi connectivity index (χ2v) is 3.45. The third-order valence-corrected chi connectivity index (χ3v) is 2.17. The molecule has 0 aliphatic heterocycles. The van der Waals surface area contributed by atoms with Gasteiger partial charge < -0.3 is 5.73 Å². The van der Waals surface area contributed by atoms with Gasteiger partial charge in [0.1, 0.15) is 0 Å². The van der Waals surface area contributed by atoms with Gasteiger partial charge in [0.15, 0.2) is 4.91 Å². The van der Waals surface area contributed by atoms with Gasteiger partial charge in [-0.3, -0.25) is 8.98 Å². The van der Waals surface area contributed by atoms with E-state index in [4.69, 9.17) is 0 Å². The Morgan fingerprint density at radius 2 is 2.08 bits per heavy atom. The Kier molecular flexibility index (Phi) is 3.65. The summed E-state index contributed by atoms with van der Waals surface area (Å²) in [6, 6.07) is 0. The van der Waals surface area contributed by atoms with Gasteiger partial charge in [-0.05, 0) is 0 Å². The molecule has 2 N–H and O–H groups in total. The minimum atomic E-state index is -4.06. The number of hydrogen-bond donors (Lipinski definition) is 1. The van der Waals surface area contributed by atoms with Gasteiger partial charge in [-0.2, -0.15) is 8.42 Å². The molecular weight excluding hydrogens is 182 g/mol. The van der Waals surface area contributed by atoms with E-state index in [1.165, 1.54) is 6.08 Å². The largest absolute Gasteiger partial charge is 0.365 e. The molecule has 1 amide bonds. The van der Waals surface area contributed by atoms with Gasteiger partial charge in [0, 0.05) is 0 Å². The highest BCUT2D eigenvalue weighted by Gasteiger charge is 2.20. The fourth-order valence-corrected chi connectivity index (χ4v) is 0.996. The quantitative estimate of drug-likeness (QED) is 0.361. The predicted octanol–water partition coefficient (Wildman–Crippen LogP) is -0.482. The summed E-state index contributed by atoms with van der Waals surface area (Å²) in [5, 5.41) is 0. The highest BCUT2D eigenvalue weighted by molar-refractivity contribution is 7.91. The van der Waals surface area contributed by atoms with E-state index in [9.17, 15) is 13.2 Å². The Bertz CT molecular complexity index is 304. The van der Waals surface area contributed by atoms with Crippen LogP contribution in [-0.4, -0.2) is 20.9 Å². The van der Waals surface area contributed by atoms with Crippen molar-refractivity contribution >= 4 is 16.0 Å². The van der Waals surface area contributed by atoms with Gasteiger partial charge >= 0.3 is 10.1 Å². The standard InChI is InChI=1S/C6H9NO4S/c1-3-4-11-12(9,10)5(2)6(7)8/h3H,1-2,4H2,(H2,7,8). The molecule has 0 saturated carbocycles. The lowest BCUT2D eigenvalue weighted by molar-refractivity contribution is -0.113. The van der Waals surface area contributed by atoms with E-state index in [-0.39, 0.29) is 6.61 Å². The molecule has 0 aromatic rings. The summed E-state index contributed by atoms with van der Waals surface area (Å²) < 4.78 is 26.0. The average molecular weight is 191 g/mol. The minimum Gasteiger partial charge on any atom is -0.365 e. The fourth-order valence-electron chi connectivity index (χ4n) is 0.332. The Hall–Kier alpha value is -1.14. The molecule has 6 heteroatoms. The molecular formula is C6H9NO4S. The van der Waals surface area contributed by atoms with Crippen LogP contribution in [0.1, 0.15) is 0 Å². The smallest absolute Gasteiger partial charge is 0.302 e. The van der Waals surface area contributed by atoms with Gasteiger partial charge in [-0.15, -0.1) is 6.58 Å². The van der Waals surface area contributed by atoms with Crippen molar-refractivity contribution in [3.63, 3.8) is 0 Å². The second-order valence-electron chi connectivity index (χ2n) is 1.81. The number of hydrogen-bond acceptors (Lipinski definition) is 4. The molecule has 0 rings (SSSR count).